The number of aryl methyl sites for hydroxylation is 1. The lowest BCUT2D eigenvalue weighted by Gasteiger charge is -2.49. The Kier molecular flexibility index (Phi) is 5.65. The van der Waals surface area contributed by atoms with Gasteiger partial charge in [0.05, 0.1) is 5.75 Å². The number of nitrogens with one attached hydrogen (secondary N) is 1. The van der Waals surface area contributed by atoms with E-state index in [2.05, 4.69) is 33.5 Å². The Bertz CT molecular complexity index is 1010. The highest BCUT2D eigenvalue weighted by atomic mass is 32.2. The Morgan fingerprint density at radius 3 is 2.76 bits per heavy atom. The number of fused-ring (bicyclic) bond motifs is 1. The number of thioether (sulfide) groups is 2. The smallest absolute Gasteiger partial charge is 0.253 e. The van der Waals surface area contributed by atoms with Crippen LogP contribution in [0.15, 0.2) is 40.9 Å². The van der Waals surface area contributed by atoms with E-state index in [4.69, 9.17) is 0 Å². The molecule has 1 fully saturated rings. The van der Waals surface area contributed by atoms with Gasteiger partial charge in [-0.2, -0.15) is 0 Å². The quantitative estimate of drug-likeness (QED) is 0.375. The molecule has 4 rings (SSSR count). The zero-order valence-electron chi connectivity index (χ0n) is 15.2. The molecule has 150 valence electrons. The van der Waals surface area contributed by atoms with Crippen LogP contribution in [-0.4, -0.2) is 65.0 Å². The molecular formula is C17H16N6O3S3. The number of amides is 2. The third kappa shape index (κ3) is 3.79. The highest BCUT2D eigenvalue weighted by Crippen LogP contribution is 2.43. The van der Waals surface area contributed by atoms with Crippen molar-refractivity contribution in [2.45, 2.75) is 16.3 Å². The Balaban J connectivity index is 1.46. The van der Waals surface area contributed by atoms with E-state index in [0.717, 1.165) is 4.90 Å². The van der Waals surface area contributed by atoms with Crippen LogP contribution < -0.4 is 5.32 Å². The zero-order chi connectivity index (χ0) is 20.5. The number of tetrazole rings is 1. The molecule has 2 atom stereocenters. The van der Waals surface area contributed by atoms with Gasteiger partial charge in [-0.1, -0.05) is 30.8 Å². The van der Waals surface area contributed by atoms with Crippen molar-refractivity contribution in [1.29, 1.82) is 0 Å². The van der Waals surface area contributed by atoms with Gasteiger partial charge in [0.25, 0.3) is 5.91 Å². The van der Waals surface area contributed by atoms with Gasteiger partial charge in [-0.3, -0.25) is 19.3 Å². The second kappa shape index (κ2) is 8.20. The molecule has 12 heteroatoms. The number of carbonyl (C=O) groups excluding carboxylic acids is 3. The van der Waals surface area contributed by atoms with Crippen LogP contribution in [0.4, 0.5) is 0 Å². The average Bonchev–Trinajstić information content (AvgIpc) is 3.15. The van der Waals surface area contributed by atoms with E-state index < -0.39 is 11.2 Å². The normalized spacial score (nSPS) is 20.9. The lowest BCUT2D eigenvalue weighted by Crippen LogP contribution is -2.70. The number of carbonyl (C=O) groups is 3. The molecule has 9 nitrogen and oxygen atoms in total. The summed E-state index contributed by atoms with van der Waals surface area (Å²) in [5, 5.41) is 13.2. The third-order valence-electron chi connectivity index (χ3n) is 4.49. The standard InChI is InChI=1S/C17H16N6O3S3/c1-22-14(19-20-21-22)10-7-29-16-12(15(25)23(16)13(10)17(26)27)18-11(24)8-28-9-5-3-2-4-6-9/h2-6,12,16H,7-8H2,1H3,(H,18,24)(H,26,27)/t12-,16-/m1/s1. The van der Waals surface area contributed by atoms with Crippen LogP contribution in [0.1, 0.15) is 5.82 Å². The molecule has 3 heterocycles. The predicted molar refractivity (Wildman–Crippen MR) is 112 cm³/mol. The second-order valence-corrected chi connectivity index (χ2v) is 8.88. The van der Waals surface area contributed by atoms with Gasteiger partial charge in [0.2, 0.25) is 11.0 Å². The van der Waals surface area contributed by atoms with E-state index in [1.54, 1.807) is 7.05 Å². The fourth-order valence-electron chi connectivity index (χ4n) is 3.16. The summed E-state index contributed by atoms with van der Waals surface area (Å²) >= 11 is 6.79. The molecule has 2 aliphatic rings. The molecule has 1 saturated heterocycles. The number of nitrogens with zero attached hydrogens (tertiary/aromatic N) is 5. The van der Waals surface area contributed by atoms with Gasteiger partial charge in [0.1, 0.15) is 17.1 Å². The van der Waals surface area contributed by atoms with Crippen LogP contribution in [0.3, 0.4) is 0 Å². The van der Waals surface area contributed by atoms with E-state index in [9.17, 15) is 14.4 Å². The van der Waals surface area contributed by atoms with E-state index >= 15 is 0 Å². The Labute approximate surface area is 180 Å². The van der Waals surface area contributed by atoms with Crippen LogP contribution in [0.25, 0.3) is 5.57 Å². The fourth-order valence-corrected chi connectivity index (χ4v) is 5.47. The first-order chi connectivity index (χ1) is 14.0. The lowest BCUT2D eigenvalue weighted by atomic mass is 10.0. The summed E-state index contributed by atoms with van der Waals surface area (Å²) < 4.78 is 1.44. The van der Waals surface area contributed by atoms with Gasteiger partial charge in [0.15, 0.2) is 5.82 Å². The average molecular weight is 449 g/mol. The first-order valence-corrected chi connectivity index (χ1v) is 11.1. The molecule has 29 heavy (non-hydrogen) atoms. The minimum absolute atomic E-state index is 0.171. The summed E-state index contributed by atoms with van der Waals surface area (Å²) in [5.74, 6) is 0.465. The summed E-state index contributed by atoms with van der Waals surface area (Å²) in [5.41, 5.74) is 0.723. The number of hydrogen-bond donors (Lipinski definition) is 2. The van der Waals surface area contributed by atoms with Crippen molar-refractivity contribution in [3.05, 3.63) is 41.9 Å². The Morgan fingerprint density at radius 2 is 2.10 bits per heavy atom. The van der Waals surface area contributed by atoms with E-state index in [1.807, 2.05) is 30.3 Å². The maximum Gasteiger partial charge on any atom is 0.253 e. The van der Waals surface area contributed by atoms with Gasteiger partial charge in [0, 0.05) is 23.3 Å². The van der Waals surface area contributed by atoms with Gasteiger partial charge in [-0.15, -0.1) is 28.6 Å². The molecular weight excluding hydrogens is 432 g/mol. The number of β-lactam (4-membered cyclic amide) rings is 1. The van der Waals surface area contributed by atoms with E-state index in [0.29, 0.717) is 17.2 Å². The molecule has 1 aromatic carbocycles. The Hall–Kier alpha value is -2.31. The maximum absolute atomic E-state index is 12.7. The molecule has 0 spiro atoms. The zero-order valence-corrected chi connectivity index (χ0v) is 17.7. The minimum Gasteiger partial charge on any atom is -0.341 e. The van der Waals surface area contributed by atoms with E-state index in [-0.39, 0.29) is 28.6 Å². The number of aromatic nitrogens is 4. The Morgan fingerprint density at radius 1 is 1.34 bits per heavy atom. The molecule has 0 bridgehead atoms. The largest absolute Gasteiger partial charge is 0.341 e. The molecule has 0 radical (unpaired) electrons. The van der Waals surface area contributed by atoms with Crippen LogP contribution in [0.2, 0.25) is 0 Å². The van der Waals surface area contributed by atoms with Crippen molar-refractivity contribution in [1.82, 2.24) is 30.4 Å². The van der Waals surface area contributed by atoms with Crippen molar-refractivity contribution < 1.29 is 14.4 Å². The fraction of sp³-hybridized carbons (Fsp3) is 0.294. The molecule has 1 aromatic heterocycles. The number of rotatable bonds is 6. The number of hydrogen-bond acceptors (Lipinski definition) is 8. The molecule has 2 aromatic rings. The van der Waals surface area contributed by atoms with Gasteiger partial charge < -0.3 is 5.32 Å². The maximum atomic E-state index is 12.7. The summed E-state index contributed by atoms with van der Waals surface area (Å²) in [7, 11) is 1.66. The van der Waals surface area contributed by atoms with Crippen molar-refractivity contribution in [3.63, 3.8) is 0 Å². The molecule has 0 aliphatic carbocycles. The van der Waals surface area contributed by atoms with Gasteiger partial charge >= 0.3 is 0 Å². The highest BCUT2D eigenvalue weighted by Gasteiger charge is 2.54. The van der Waals surface area contributed by atoms with Gasteiger partial charge in [-0.05, 0) is 22.6 Å². The highest BCUT2D eigenvalue weighted by molar-refractivity contribution is 8.00. The number of benzene rings is 1. The van der Waals surface area contributed by atoms with Crippen molar-refractivity contribution in [2.24, 2.45) is 7.05 Å². The third-order valence-corrected chi connectivity index (χ3v) is 6.99. The molecule has 2 aliphatic heterocycles. The van der Waals surface area contributed by atoms with Crippen molar-refractivity contribution >= 4 is 58.7 Å². The summed E-state index contributed by atoms with van der Waals surface area (Å²) in [6.45, 7) is 0. The van der Waals surface area contributed by atoms with Crippen LogP contribution >= 0.6 is 36.2 Å². The first-order valence-electron chi connectivity index (χ1n) is 8.58. The van der Waals surface area contributed by atoms with Crippen LogP contribution in [0.5, 0.6) is 0 Å². The topological polar surface area (TPSA) is 110 Å². The summed E-state index contributed by atoms with van der Waals surface area (Å²) in [4.78, 5) is 39.6. The molecule has 1 N–H and O–H groups in total. The molecule has 0 saturated carbocycles. The number of thiol groups is 1. The monoisotopic (exact) mass is 448 g/mol. The summed E-state index contributed by atoms with van der Waals surface area (Å²) in [6.07, 6.45) is 0. The van der Waals surface area contributed by atoms with Crippen molar-refractivity contribution in [3.8, 4) is 0 Å². The van der Waals surface area contributed by atoms with Gasteiger partial charge in [-0.25, -0.2) is 4.68 Å². The van der Waals surface area contributed by atoms with Crippen LogP contribution in [0, 0.1) is 0 Å². The first kappa shape index (κ1) is 20.0. The van der Waals surface area contributed by atoms with Crippen molar-refractivity contribution in [2.75, 3.05) is 11.5 Å². The molecule has 2 amide bonds. The predicted octanol–water partition coefficient (Wildman–Crippen LogP) is 0.570. The van der Waals surface area contributed by atoms with Crippen LogP contribution in [-0.2, 0) is 21.4 Å². The minimum atomic E-state index is -0.675. The second-order valence-electron chi connectivity index (χ2n) is 6.32. The molecule has 0 unspecified atom stereocenters. The SMILES string of the molecule is Cn1nnnc1C1=C(C(=O)S)N2C(=O)[C@@H](NC(=O)CSc3ccccc3)[C@H]2SC1. The summed E-state index contributed by atoms with van der Waals surface area (Å²) in [6, 6.07) is 8.88. The van der Waals surface area contributed by atoms with E-state index in [1.165, 1.54) is 33.1 Å². The lowest BCUT2D eigenvalue weighted by molar-refractivity contribution is -0.146.